The van der Waals surface area contributed by atoms with Gasteiger partial charge in [-0.1, -0.05) is 45.0 Å². The number of hydrogen-bond acceptors (Lipinski definition) is 3. The van der Waals surface area contributed by atoms with Crippen molar-refractivity contribution in [2.24, 2.45) is 0 Å². The summed E-state index contributed by atoms with van der Waals surface area (Å²) in [6, 6.07) is 11.0. The Kier molecular flexibility index (Phi) is 5.86. The molecule has 0 spiro atoms. The first-order chi connectivity index (χ1) is 9.72. The summed E-state index contributed by atoms with van der Waals surface area (Å²) in [6.45, 7) is 7.76. The summed E-state index contributed by atoms with van der Waals surface area (Å²) >= 11 is 2.00. The number of thioether (sulfide) groups is 1. The SMILES string of the molecule is CCCNC(CSC(C)C)c1cccc2cccnc12. The maximum atomic E-state index is 4.59. The molecule has 0 aliphatic carbocycles. The standard InChI is InChI=1S/C17H24N2S/c1-4-10-18-16(12-20-13(2)3)15-9-5-7-14-8-6-11-19-17(14)15/h5-9,11,13,16,18H,4,10,12H2,1-3H3. The molecule has 2 nitrogen and oxygen atoms in total. The predicted molar refractivity (Wildman–Crippen MR) is 90.4 cm³/mol. The maximum absolute atomic E-state index is 4.59. The Bertz CT molecular complexity index is 534. The van der Waals surface area contributed by atoms with E-state index in [2.05, 4.69) is 55.3 Å². The van der Waals surface area contributed by atoms with Gasteiger partial charge in [-0.2, -0.15) is 11.8 Å². The van der Waals surface area contributed by atoms with Crippen molar-refractivity contribution in [1.82, 2.24) is 10.3 Å². The van der Waals surface area contributed by atoms with Gasteiger partial charge in [0.2, 0.25) is 0 Å². The lowest BCUT2D eigenvalue weighted by molar-refractivity contribution is 0.579. The van der Waals surface area contributed by atoms with Crippen molar-refractivity contribution in [2.75, 3.05) is 12.3 Å². The smallest absolute Gasteiger partial charge is 0.0750 e. The van der Waals surface area contributed by atoms with Crippen LogP contribution in [-0.2, 0) is 0 Å². The minimum Gasteiger partial charge on any atom is -0.309 e. The lowest BCUT2D eigenvalue weighted by atomic mass is 10.0. The highest BCUT2D eigenvalue weighted by atomic mass is 32.2. The molecule has 1 aromatic carbocycles. The van der Waals surface area contributed by atoms with Crippen LogP contribution in [0.4, 0.5) is 0 Å². The lowest BCUT2D eigenvalue weighted by Gasteiger charge is -2.21. The fourth-order valence-electron chi connectivity index (χ4n) is 2.27. The predicted octanol–water partition coefficient (Wildman–Crippen LogP) is 4.42. The van der Waals surface area contributed by atoms with Gasteiger partial charge in [-0.25, -0.2) is 0 Å². The average molecular weight is 288 g/mol. The van der Waals surface area contributed by atoms with E-state index in [1.165, 1.54) is 10.9 Å². The number of fused-ring (bicyclic) bond motifs is 1. The van der Waals surface area contributed by atoms with Gasteiger partial charge in [0.15, 0.2) is 0 Å². The average Bonchev–Trinajstić information content (AvgIpc) is 2.47. The van der Waals surface area contributed by atoms with E-state index in [0.717, 1.165) is 24.2 Å². The quantitative estimate of drug-likeness (QED) is 0.816. The number of hydrogen-bond donors (Lipinski definition) is 1. The van der Waals surface area contributed by atoms with Gasteiger partial charge < -0.3 is 5.32 Å². The normalized spacial score (nSPS) is 13.0. The van der Waals surface area contributed by atoms with Gasteiger partial charge in [-0.15, -0.1) is 0 Å². The van der Waals surface area contributed by atoms with Crippen LogP contribution in [0.25, 0.3) is 10.9 Å². The third kappa shape index (κ3) is 3.97. The molecule has 1 N–H and O–H groups in total. The number of benzene rings is 1. The van der Waals surface area contributed by atoms with E-state index >= 15 is 0 Å². The molecule has 1 atom stereocenters. The van der Waals surface area contributed by atoms with Crippen LogP contribution in [0.5, 0.6) is 0 Å². The summed E-state index contributed by atoms with van der Waals surface area (Å²) < 4.78 is 0. The fraction of sp³-hybridized carbons (Fsp3) is 0.471. The number of pyridine rings is 1. The monoisotopic (exact) mass is 288 g/mol. The van der Waals surface area contributed by atoms with E-state index in [1.807, 2.05) is 24.0 Å². The van der Waals surface area contributed by atoms with Crippen LogP contribution in [-0.4, -0.2) is 22.5 Å². The van der Waals surface area contributed by atoms with E-state index in [4.69, 9.17) is 0 Å². The lowest BCUT2D eigenvalue weighted by Crippen LogP contribution is -2.25. The molecular weight excluding hydrogens is 264 g/mol. The third-order valence-corrected chi connectivity index (χ3v) is 4.47. The van der Waals surface area contributed by atoms with Gasteiger partial charge in [-0.3, -0.25) is 4.98 Å². The molecule has 1 heterocycles. The summed E-state index contributed by atoms with van der Waals surface area (Å²) in [5.74, 6) is 1.09. The zero-order valence-electron chi connectivity index (χ0n) is 12.6. The fourth-order valence-corrected chi connectivity index (χ4v) is 3.15. The number of aromatic nitrogens is 1. The van der Waals surface area contributed by atoms with E-state index in [9.17, 15) is 0 Å². The second-order valence-electron chi connectivity index (χ2n) is 5.31. The molecule has 0 fully saturated rings. The van der Waals surface area contributed by atoms with E-state index < -0.39 is 0 Å². The topological polar surface area (TPSA) is 24.9 Å². The molecule has 0 aliphatic rings. The van der Waals surface area contributed by atoms with Gasteiger partial charge in [0, 0.05) is 23.4 Å². The highest BCUT2D eigenvalue weighted by molar-refractivity contribution is 7.99. The highest BCUT2D eigenvalue weighted by Crippen LogP contribution is 2.26. The molecule has 0 amide bonds. The summed E-state index contributed by atoms with van der Waals surface area (Å²) in [5, 5.41) is 5.55. The molecular formula is C17H24N2S. The van der Waals surface area contributed by atoms with E-state index in [1.54, 1.807) is 0 Å². The molecule has 0 aliphatic heterocycles. The van der Waals surface area contributed by atoms with Crippen molar-refractivity contribution in [1.29, 1.82) is 0 Å². The van der Waals surface area contributed by atoms with Crippen LogP contribution in [0, 0.1) is 0 Å². The van der Waals surface area contributed by atoms with Crippen LogP contribution in [0.3, 0.4) is 0 Å². The number of rotatable bonds is 7. The zero-order chi connectivity index (χ0) is 14.4. The highest BCUT2D eigenvalue weighted by Gasteiger charge is 2.15. The van der Waals surface area contributed by atoms with Crippen molar-refractivity contribution < 1.29 is 0 Å². The summed E-state index contributed by atoms with van der Waals surface area (Å²) in [4.78, 5) is 4.59. The van der Waals surface area contributed by atoms with E-state index in [0.29, 0.717) is 11.3 Å². The number of nitrogens with one attached hydrogen (secondary N) is 1. The molecule has 0 saturated carbocycles. The van der Waals surface area contributed by atoms with Crippen molar-refractivity contribution in [2.45, 2.75) is 38.5 Å². The first-order valence-electron chi connectivity index (χ1n) is 7.41. The Balaban J connectivity index is 2.29. The zero-order valence-corrected chi connectivity index (χ0v) is 13.4. The van der Waals surface area contributed by atoms with Gasteiger partial charge >= 0.3 is 0 Å². The first-order valence-corrected chi connectivity index (χ1v) is 8.46. The van der Waals surface area contributed by atoms with Crippen molar-refractivity contribution in [3.63, 3.8) is 0 Å². The van der Waals surface area contributed by atoms with Gasteiger partial charge in [-0.05, 0) is 29.8 Å². The van der Waals surface area contributed by atoms with Crippen LogP contribution < -0.4 is 5.32 Å². The van der Waals surface area contributed by atoms with Crippen LogP contribution in [0.1, 0.15) is 38.8 Å². The molecule has 0 radical (unpaired) electrons. The molecule has 3 heteroatoms. The van der Waals surface area contributed by atoms with E-state index in [-0.39, 0.29) is 0 Å². The molecule has 2 aromatic rings. The maximum Gasteiger partial charge on any atom is 0.0750 e. The third-order valence-electron chi connectivity index (χ3n) is 3.28. The first kappa shape index (κ1) is 15.3. The van der Waals surface area contributed by atoms with Crippen molar-refractivity contribution in [3.05, 3.63) is 42.1 Å². The molecule has 2 rings (SSSR count). The Morgan fingerprint density at radius 1 is 1.20 bits per heavy atom. The second kappa shape index (κ2) is 7.65. The Hall–Kier alpha value is -1.06. The largest absolute Gasteiger partial charge is 0.309 e. The second-order valence-corrected chi connectivity index (χ2v) is 6.92. The molecule has 1 unspecified atom stereocenters. The number of para-hydroxylation sites is 1. The van der Waals surface area contributed by atoms with Crippen LogP contribution in [0.15, 0.2) is 36.5 Å². The molecule has 1 aromatic heterocycles. The minimum atomic E-state index is 0.376. The molecule has 0 saturated heterocycles. The molecule has 20 heavy (non-hydrogen) atoms. The molecule has 0 bridgehead atoms. The Morgan fingerprint density at radius 3 is 2.75 bits per heavy atom. The summed E-state index contributed by atoms with van der Waals surface area (Å²) in [6.07, 6.45) is 3.04. The van der Waals surface area contributed by atoms with Gasteiger partial charge in [0.25, 0.3) is 0 Å². The minimum absolute atomic E-state index is 0.376. The van der Waals surface area contributed by atoms with Crippen LogP contribution in [0.2, 0.25) is 0 Å². The van der Waals surface area contributed by atoms with Crippen LogP contribution >= 0.6 is 11.8 Å². The van der Waals surface area contributed by atoms with Gasteiger partial charge in [0.1, 0.15) is 0 Å². The van der Waals surface area contributed by atoms with Gasteiger partial charge in [0.05, 0.1) is 5.52 Å². The number of nitrogens with zero attached hydrogens (tertiary/aromatic N) is 1. The summed E-state index contributed by atoms with van der Waals surface area (Å²) in [5.41, 5.74) is 2.46. The summed E-state index contributed by atoms with van der Waals surface area (Å²) in [7, 11) is 0. The van der Waals surface area contributed by atoms with Crippen molar-refractivity contribution in [3.8, 4) is 0 Å². The Morgan fingerprint density at radius 2 is 2.00 bits per heavy atom. The molecule has 108 valence electrons. The van der Waals surface area contributed by atoms with Crippen molar-refractivity contribution >= 4 is 22.7 Å². The Labute approximate surface area is 126 Å².